The molecule has 1 aromatic rings. The molecule has 17 heavy (non-hydrogen) atoms. The van der Waals surface area contributed by atoms with Gasteiger partial charge >= 0.3 is 0 Å². The highest BCUT2D eigenvalue weighted by molar-refractivity contribution is 6.31. The molecule has 2 N–H and O–H groups in total. The van der Waals surface area contributed by atoms with Crippen LogP contribution < -0.4 is 0 Å². The lowest BCUT2D eigenvalue weighted by Gasteiger charge is -2.15. The third-order valence-corrected chi connectivity index (χ3v) is 3.26. The summed E-state index contributed by atoms with van der Waals surface area (Å²) in [4.78, 5) is 1.93. The quantitative estimate of drug-likeness (QED) is 0.815. The summed E-state index contributed by atoms with van der Waals surface area (Å²) in [5.74, 6) is 0. The van der Waals surface area contributed by atoms with Crippen LogP contribution in [0.3, 0.4) is 0 Å². The Labute approximate surface area is 105 Å². The van der Waals surface area contributed by atoms with Crippen LogP contribution in [-0.4, -0.2) is 40.4 Å². The molecule has 0 radical (unpaired) electrons. The first-order valence-electron chi connectivity index (χ1n) is 5.37. The number of aliphatic hydroxyl groups is 2. The summed E-state index contributed by atoms with van der Waals surface area (Å²) in [6.45, 7) is 1.45. The van der Waals surface area contributed by atoms with Gasteiger partial charge in [0.15, 0.2) is 0 Å². The van der Waals surface area contributed by atoms with Gasteiger partial charge in [0.1, 0.15) is 0 Å². The Morgan fingerprint density at radius 1 is 1.35 bits per heavy atom. The van der Waals surface area contributed by atoms with Gasteiger partial charge in [-0.05, 0) is 17.7 Å². The number of β-amino-alcohol motifs (C(OH)–C–C–N with tert-alkyl or cyclic N) is 2. The summed E-state index contributed by atoms with van der Waals surface area (Å²) >= 11 is 6.06. The molecule has 2 unspecified atom stereocenters. The van der Waals surface area contributed by atoms with Gasteiger partial charge in [0.25, 0.3) is 0 Å². The predicted octanol–water partition coefficient (Wildman–Crippen LogP) is 0.749. The van der Waals surface area contributed by atoms with Gasteiger partial charge in [0.2, 0.25) is 0 Å². The molecule has 90 valence electrons. The molecule has 0 saturated carbocycles. The van der Waals surface area contributed by atoms with Crippen molar-refractivity contribution in [3.63, 3.8) is 0 Å². The molecule has 4 nitrogen and oxygen atoms in total. The largest absolute Gasteiger partial charge is 0.389 e. The van der Waals surface area contributed by atoms with Crippen molar-refractivity contribution in [1.29, 1.82) is 5.26 Å². The summed E-state index contributed by atoms with van der Waals surface area (Å²) in [5.41, 5.74) is 1.42. The Kier molecular flexibility index (Phi) is 3.65. The maximum atomic E-state index is 9.43. The van der Waals surface area contributed by atoms with E-state index in [-0.39, 0.29) is 0 Å². The minimum atomic E-state index is -0.688. The lowest BCUT2D eigenvalue weighted by molar-refractivity contribution is 0.0572. The fourth-order valence-electron chi connectivity index (χ4n) is 1.96. The smallest absolute Gasteiger partial charge is 0.0992 e. The van der Waals surface area contributed by atoms with E-state index in [0.717, 1.165) is 5.56 Å². The summed E-state index contributed by atoms with van der Waals surface area (Å²) in [7, 11) is 0. The Morgan fingerprint density at radius 3 is 2.53 bits per heavy atom. The lowest BCUT2D eigenvalue weighted by atomic mass is 10.1. The van der Waals surface area contributed by atoms with Gasteiger partial charge in [0, 0.05) is 24.7 Å². The number of halogens is 1. The van der Waals surface area contributed by atoms with E-state index >= 15 is 0 Å². The van der Waals surface area contributed by atoms with Crippen molar-refractivity contribution >= 4 is 11.6 Å². The number of nitriles is 1. The molecule has 1 aromatic carbocycles. The van der Waals surface area contributed by atoms with Crippen LogP contribution in [0, 0.1) is 11.3 Å². The second kappa shape index (κ2) is 5.03. The van der Waals surface area contributed by atoms with Crippen molar-refractivity contribution in [2.45, 2.75) is 18.8 Å². The van der Waals surface area contributed by atoms with Crippen LogP contribution in [0.1, 0.15) is 11.1 Å². The van der Waals surface area contributed by atoms with E-state index in [0.29, 0.717) is 30.2 Å². The minimum Gasteiger partial charge on any atom is -0.389 e. The van der Waals surface area contributed by atoms with Gasteiger partial charge in [-0.15, -0.1) is 0 Å². The SMILES string of the molecule is N#Cc1ccc(CN2CC(O)C(O)C2)c(Cl)c1. The van der Waals surface area contributed by atoms with Crippen LogP contribution in [0.2, 0.25) is 5.02 Å². The highest BCUT2D eigenvalue weighted by atomic mass is 35.5. The highest BCUT2D eigenvalue weighted by Gasteiger charge is 2.29. The molecule has 0 aromatic heterocycles. The average Bonchev–Trinajstić information content (AvgIpc) is 2.61. The van der Waals surface area contributed by atoms with Gasteiger partial charge in [-0.1, -0.05) is 17.7 Å². The average molecular weight is 253 g/mol. The third-order valence-electron chi connectivity index (χ3n) is 2.91. The number of hydrogen-bond donors (Lipinski definition) is 2. The van der Waals surface area contributed by atoms with E-state index in [9.17, 15) is 10.2 Å². The van der Waals surface area contributed by atoms with Gasteiger partial charge in [-0.2, -0.15) is 5.26 Å². The third kappa shape index (κ3) is 2.76. The van der Waals surface area contributed by atoms with Crippen LogP contribution >= 0.6 is 11.6 Å². The number of benzene rings is 1. The number of likely N-dealkylation sites (tertiary alicyclic amines) is 1. The number of hydrogen-bond acceptors (Lipinski definition) is 4. The Morgan fingerprint density at radius 2 is 2.00 bits per heavy atom. The summed E-state index contributed by atoms with van der Waals surface area (Å²) in [5, 5.41) is 28.1. The van der Waals surface area contributed by atoms with Gasteiger partial charge in [0.05, 0.1) is 23.8 Å². The molecule has 1 heterocycles. The molecule has 1 fully saturated rings. The Balaban J connectivity index is 2.07. The van der Waals surface area contributed by atoms with Crippen molar-refractivity contribution in [2.24, 2.45) is 0 Å². The topological polar surface area (TPSA) is 67.5 Å². The van der Waals surface area contributed by atoms with E-state index in [1.165, 1.54) is 0 Å². The van der Waals surface area contributed by atoms with Crippen molar-refractivity contribution in [1.82, 2.24) is 4.90 Å². The van der Waals surface area contributed by atoms with E-state index in [1.54, 1.807) is 18.2 Å². The molecule has 0 aliphatic carbocycles. The molecule has 1 aliphatic rings. The molecule has 0 bridgehead atoms. The van der Waals surface area contributed by atoms with Crippen molar-refractivity contribution in [2.75, 3.05) is 13.1 Å². The molecule has 2 atom stereocenters. The second-order valence-corrected chi connectivity index (χ2v) is 4.65. The van der Waals surface area contributed by atoms with E-state index in [4.69, 9.17) is 16.9 Å². The zero-order chi connectivity index (χ0) is 12.4. The summed E-state index contributed by atoms with van der Waals surface area (Å²) in [6.07, 6.45) is -1.38. The normalized spacial score (nSPS) is 24.8. The first-order valence-corrected chi connectivity index (χ1v) is 5.75. The first kappa shape index (κ1) is 12.3. The number of nitrogens with zero attached hydrogens (tertiary/aromatic N) is 2. The predicted molar refractivity (Wildman–Crippen MR) is 63.5 cm³/mol. The molecule has 2 rings (SSSR count). The summed E-state index contributed by atoms with van der Waals surface area (Å²) in [6, 6.07) is 7.17. The molecule has 1 aliphatic heterocycles. The van der Waals surface area contributed by atoms with Crippen molar-refractivity contribution < 1.29 is 10.2 Å². The van der Waals surface area contributed by atoms with Crippen LogP contribution in [0.5, 0.6) is 0 Å². The van der Waals surface area contributed by atoms with Crippen LogP contribution in [0.25, 0.3) is 0 Å². The van der Waals surface area contributed by atoms with Crippen LogP contribution in [0.4, 0.5) is 0 Å². The molecular formula is C12H13ClN2O2. The molecule has 0 amide bonds. The standard InChI is InChI=1S/C12H13ClN2O2/c13-10-3-8(4-14)1-2-9(10)5-15-6-11(16)12(17)7-15/h1-3,11-12,16-17H,5-7H2. The van der Waals surface area contributed by atoms with E-state index < -0.39 is 12.2 Å². The summed E-state index contributed by atoms with van der Waals surface area (Å²) < 4.78 is 0. The monoisotopic (exact) mass is 252 g/mol. The maximum Gasteiger partial charge on any atom is 0.0992 e. The van der Waals surface area contributed by atoms with Crippen LogP contribution in [-0.2, 0) is 6.54 Å². The minimum absolute atomic E-state index is 0.442. The van der Waals surface area contributed by atoms with Crippen molar-refractivity contribution in [3.8, 4) is 6.07 Å². The second-order valence-electron chi connectivity index (χ2n) is 4.25. The zero-order valence-corrected chi connectivity index (χ0v) is 9.93. The van der Waals surface area contributed by atoms with Crippen molar-refractivity contribution in [3.05, 3.63) is 34.3 Å². The Bertz CT molecular complexity index is 448. The zero-order valence-electron chi connectivity index (χ0n) is 9.17. The highest BCUT2D eigenvalue weighted by Crippen LogP contribution is 2.21. The maximum absolute atomic E-state index is 9.43. The molecule has 5 heteroatoms. The molecule has 1 saturated heterocycles. The number of rotatable bonds is 2. The van der Waals surface area contributed by atoms with Gasteiger partial charge in [-0.3, -0.25) is 4.90 Å². The van der Waals surface area contributed by atoms with E-state index in [2.05, 4.69) is 0 Å². The molecular weight excluding hydrogens is 240 g/mol. The van der Waals surface area contributed by atoms with Gasteiger partial charge < -0.3 is 10.2 Å². The fraction of sp³-hybridized carbons (Fsp3) is 0.417. The molecule has 0 spiro atoms. The first-order chi connectivity index (χ1) is 8.10. The van der Waals surface area contributed by atoms with E-state index in [1.807, 2.05) is 11.0 Å². The van der Waals surface area contributed by atoms with Crippen LogP contribution in [0.15, 0.2) is 18.2 Å². The lowest BCUT2D eigenvalue weighted by Crippen LogP contribution is -2.22. The number of aliphatic hydroxyl groups excluding tert-OH is 2. The van der Waals surface area contributed by atoms with Gasteiger partial charge in [-0.25, -0.2) is 0 Å². The fourth-order valence-corrected chi connectivity index (χ4v) is 2.20. The Hall–Kier alpha value is -1.12.